The number of hydrogen-bond donors (Lipinski definition) is 1. The number of hydrogen-bond acceptors (Lipinski definition) is 5. The molecule has 0 aliphatic heterocycles. The Morgan fingerprint density at radius 1 is 1.12 bits per heavy atom. The van der Waals surface area contributed by atoms with Crippen molar-refractivity contribution in [3.8, 4) is 0 Å². The fourth-order valence-electron chi connectivity index (χ4n) is 1.74. The van der Waals surface area contributed by atoms with E-state index in [1.54, 1.807) is 0 Å². The van der Waals surface area contributed by atoms with Gasteiger partial charge in [0.25, 0.3) is 11.6 Å². The maximum Gasteiger partial charge on any atom is 0.341 e. The minimum Gasteiger partial charge on any atom is -0.452 e. The van der Waals surface area contributed by atoms with Crippen molar-refractivity contribution in [3.05, 3.63) is 69.8 Å². The first-order valence-corrected chi connectivity index (χ1v) is 6.54. The molecule has 2 aromatic rings. The fourth-order valence-corrected chi connectivity index (χ4v) is 1.74. The largest absolute Gasteiger partial charge is 0.452 e. The topological polar surface area (TPSA) is 98.5 Å². The lowest BCUT2D eigenvalue weighted by Crippen LogP contribution is -2.22. The van der Waals surface area contributed by atoms with Gasteiger partial charge in [-0.05, 0) is 18.2 Å². The first kappa shape index (κ1) is 17.0. The van der Waals surface area contributed by atoms with Gasteiger partial charge in [-0.3, -0.25) is 14.9 Å². The standard InChI is InChI=1S/C15H10F2N2O5/c16-11-4-2-1-3-10(11)15(21)24-8-14(20)18-13-7-9(19(22)23)5-6-12(13)17/h1-7H,8H2,(H,18,20). The van der Waals surface area contributed by atoms with E-state index in [-0.39, 0.29) is 5.56 Å². The molecule has 24 heavy (non-hydrogen) atoms. The minimum atomic E-state index is -1.07. The molecule has 9 heteroatoms. The zero-order valence-corrected chi connectivity index (χ0v) is 12.0. The fraction of sp³-hybridized carbons (Fsp3) is 0.0667. The lowest BCUT2D eigenvalue weighted by molar-refractivity contribution is -0.384. The highest BCUT2D eigenvalue weighted by atomic mass is 19.1. The molecule has 0 atom stereocenters. The normalized spacial score (nSPS) is 10.1. The van der Waals surface area contributed by atoms with Crippen LogP contribution < -0.4 is 5.32 Å². The van der Waals surface area contributed by atoms with Crippen molar-refractivity contribution in [2.45, 2.75) is 0 Å². The van der Waals surface area contributed by atoms with Gasteiger partial charge in [0, 0.05) is 12.1 Å². The number of anilines is 1. The zero-order valence-electron chi connectivity index (χ0n) is 12.0. The van der Waals surface area contributed by atoms with Crippen molar-refractivity contribution in [2.75, 3.05) is 11.9 Å². The quantitative estimate of drug-likeness (QED) is 0.514. The highest BCUT2D eigenvalue weighted by Gasteiger charge is 2.16. The lowest BCUT2D eigenvalue weighted by Gasteiger charge is -2.08. The summed E-state index contributed by atoms with van der Waals surface area (Å²) in [5, 5.41) is 12.7. The summed E-state index contributed by atoms with van der Waals surface area (Å²) in [5.41, 5.74) is -1.21. The second-order valence-electron chi connectivity index (χ2n) is 4.53. The maximum absolute atomic E-state index is 13.5. The maximum atomic E-state index is 13.5. The summed E-state index contributed by atoms with van der Waals surface area (Å²) in [7, 11) is 0. The molecule has 0 aromatic heterocycles. The summed E-state index contributed by atoms with van der Waals surface area (Å²) in [4.78, 5) is 33.1. The second kappa shape index (κ2) is 7.27. The van der Waals surface area contributed by atoms with Gasteiger partial charge < -0.3 is 10.1 Å². The molecule has 0 saturated heterocycles. The molecule has 0 fully saturated rings. The molecule has 7 nitrogen and oxygen atoms in total. The monoisotopic (exact) mass is 336 g/mol. The Bertz CT molecular complexity index is 810. The SMILES string of the molecule is O=C(COC(=O)c1ccccc1F)Nc1cc([N+](=O)[O-])ccc1F. The van der Waals surface area contributed by atoms with Crippen LogP contribution >= 0.6 is 0 Å². The number of nitrogens with one attached hydrogen (secondary N) is 1. The molecular formula is C15H10F2N2O5. The zero-order chi connectivity index (χ0) is 17.7. The van der Waals surface area contributed by atoms with Crippen molar-refractivity contribution < 1.29 is 28.0 Å². The highest BCUT2D eigenvalue weighted by molar-refractivity contribution is 5.95. The molecule has 0 saturated carbocycles. The van der Waals surface area contributed by atoms with Crippen molar-refractivity contribution in [1.29, 1.82) is 0 Å². The molecule has 1 N–H and O–H groups in total. The number of nitro benzene ring substituents is 1. The summed E-state index contributed by atoms with van der Waals surface area (Å²) in [6.07, 6.45) is 0. The predicted octanol–water partition coefficient (Wildman–Crippen LogP) is 2.67. The van der Waals surface area contributed by atoms with E-state index in [1.165, 1.54) is 18.2 Å². The second-order valence-corrected chi connectivity index (χ2v) is 4.53. The number of amides is 1. The van der Waals surface area contributed by atoms with E-state index in [4.69, 9.17) is 0 Å². The Kier molecular flexibility index (Phi) is 5.15. The van der Waals surface area contributed by atoms with E-state index in [0.717, 1.165) is 24.3 Å². The van der Waals surface area contributed by atoms with Crippen molar-refractivity contribution >= 4 is 23.3 Å². The molecule has 1 amide bonds. The first-order chi connectivity index (χ1) is 11.4. The van der Waals surface area contributed by atoms with Crippen molar-refractivity contribution in [2.24, 2.45) is 0 Å². The van der Waals surface area contributed by atoms with Gasteiger partial charge >= 0.3 is 5.97 Å². The van der Waals surface area contributed by atoms with Gasteiger partial charge in [-0.1, -0.05) is 12.1 Å². The smallest absolute Gasteiger partial charge is 0.341 e. The van der Waals surface area contributed by atoms with Crippen LogP contribution in [0.25, 0.3) is 0 Å². The Morgan fingerprint density at radius 2 is 1.83 bits per heavy atom. The van der Waals surface area contributed by atoms with Gasteiger partial charge in [0.05, 0.1) is 16.2 Å². The molecular weight excluding hydrogens is 326 g/mol. The van der Waals surface area contributed by atoms with Crippen LogP contribution in [-0.2, 0) is 9.53 Å². The number of rotatable bonds is 5. The van der Waals surface area contributed by atoms with E-state index in [1.807, 2.05) is 5.32 Å². The highest BCUT2D eigenvalue weighted by Crippen LogP contribution is 2.21. The van der Waals surface area contributed by atoms with Crippen molar-refractivity contribution in [1.82, 2.24) is 0 Å². The number of nitro groups is 1. The van der Waals surface area contributed by atoms with Crippen LogP contribution in [0, 0.1) is 21.7 Å². The summed E-state index contributed by atoms with van der Waals surface area (Å²) in [5.74, 6) is -3.70. The third-order valence-corrected chi connectivity index (χ3v) is 2.86. The average Bonchev–Trinajstić information content (AvgIpc) is 2.55. The lowest BCUT2D eigenvalue weighted by atomic mass is 10.2. The molecule has 0 heterocycles. The number of nitrogens with zero attached hydrogens (tertiary/aromatic N) is 1. The summed E-state index contributed by atoms with van der Waals surface area (Å²) < 4.78 is 31.5. The number of ether oxygens (including phenoxy) is 1. The first-order valence-electron chi connectivity index (χ1n) is 6.54. The Balaban J connectivity index is 1.99. The number of carbonyl (C=O) groups is 2. The number of benzene rings is 2. The van der Waals surface area contributed by atoms with Crippen LogP contribution in [0.1, 0.15) is 10.4 Å². The summed E-state index contributed by atoms with van der Waals surface area (Å²) >= 11 is 0. The molecule has 0 spiro atoms. The van der Waals surface area contributed by atoms with Gasteiger partial charge in [0.2, 0.25) is 0 Å². The van der Waals surface area contributed by atoms with Crippen LogP contribution in [0.4, 0.5) is 20.2 Å². The molecule has 0 aliphatic carbocycles. The van der Waals surface area contributed by atoms with Crippen LogP contribution in [0.15, 0.2) is 42.5 Å². The van der Waals surface area contributed by atoms with Gasteiger partial charge in [-0.15, -0.1) is 0 Å². The molecule has 0 bridgehead atoms. The summed E-state index contributed by atoms with van der Waals surface area (Å²) in [6, 6.07) is 7.60. The van der Waals surface area contributed by atoms with Crippen molar-refractivity contribution in [3.63, 3.8) is 0 Å². The van der Waals surface area contributed by atoms with E-state index in [2.05, 4.69) is 4.74 Å². The van der Waals surface area contributed by atoms with Gasteiger partial charge in [-0.2, -0.15) is 0 Å². The number of esters is 1. The van der Waals surface area contributed by atoms with E-state index >= 15 is 0 Å². The molecule has 124 valence electrons. The van der Waals surface area contributed by atoms with Crippen LogP contribution in [-0.4, -0.2) is 23.4 Å². The number of halogens is 2. The summed E-state index contributed by atoms with van der Waals surface area (Å²) in [6.45, 7) is -0.810. The van der Waals surface area contributed by atoms with Gasteiger partial charge in [-0.25, -0.2) is 13.6 Å². The number of non-ortho nitro benzene ring substituents is 1. The molecule has 2 aromatic carbocycles. The predicted molar refractivity (Wildman–Crippen MR) is 78.4 cm³/mol. The van der Waals surface area contributed by atoms with Gasteiger partial charge in [0.15, 0.2) is 6.61 Å². The van der Waals surface area contributed by atoms with Crippen LogP contribution in [0.2, 0.25) is 0 Å². The third kappa shape index (κ3) is 4.09. The molecule has 0 unspecified atom stereocenters. The molecule has 2 rings (SSSR count). The molecule has 0 aliphatic rings. The minimum absolute atomic E-state index is 0.355. The number of carbonyl (C=O) groups excluding carboxylic acids is 2. The van der Waals surface area contributed by atoms with Crippen LogP contribution in [0.5, 0.6) is 0 Å². The van der Waals surface area contributed by atoms with E-state index < -0.39 is 46.4 Å². The third-order valence-electron chi connectivity index (χ3n) is 2.86. The van der Waals surface area contributed by atoms with Gasteiger partial charge in [0.1, 0.15) is 11.6 Å². The average molecular weight is 336 g/mol. The van der Waals surface area contributed by atoms with E-state index in [0.29, 0.717) is 0 Å². The van der Waals surface area contributed by atoms with E-state index in [9.17, 15) is 28.5 Å². The Hall–Kier alpha value is -3.36. The Labute approximate surface area is 134 Å². The Morgan fingerprint density at radius 3 is 2.50 bits per heavy atom. The van der Waals surface area contributed by atoms with Crippen LogP contribution in [0.3, 0.4) is 0 Å². The molecule has 0 radical (unpaired) electrons.